The molecule has 0 radical (unpaired) electrons. The van der Waals surface area contributed by atoms with Gasteiger partial charge in [0.15, 0.2) is 0 Å². The number of hydrogen-bond donors (Lipinski definition) is 0. The summed E-state index contributed by atoms with van der Waals surface area (Å²) in [5.74, 6) is 0. The normalized spacial score (nSPS) is 12.5. The first kappa shape index (κ1) is 20.7. The SMILES string of the molecule is c1ccc(-c2ccc3c4ccccc4cc4c5cc6c(cc5c2c34)cc2c3ccccc3c3cccc6c32)cc1. The number of hydrogen-bond acceptors (Lipinski definition) is 0. The number of rotatable bonds is 1. The fourth-order valence-corrected chi connectivity index (χ4v) is 7.64. The van der Waals surface area contributed by atoms with Crippen molar-refractivity contribution in [1.82, 2.24) is 0 Å². The van der Waals surface area contributed by atoms with Crippen molar-refractivity contribution < 1.29 is 0 Å². The van der Waals surface area contributed by atoms with Crippen LogP contribution in [0.1, 0.15) is 0 Å². The predicted molar refractivity (Wildman–Crippen MR) is 174 cm³/mol. The van der Waals surface area contributed by atoms with Crippen LogP contribution in [0, 0.1) is 0 Å². The Bertz CT molecular complexity index is 2620. The molecule has 10 aromatic rings. The van der Waals surface area contributed by atoms with Gasteiger partial charge in [-0.1, -0.05) is 109 Å². The molecular formula is C40H22. The van der Waals surface area contributed by atoms with E-state index in [9.17, 15) is 0 Å². The maximum absolute atomic E-state index is 2.48. The third kappa shape index (κ3) is 2.47. The zero-order chi connectivity index (χ0) is 25.9. The molecule has 0 saturated carbocycles. The molecule has 0 N–H and O–H groups in total. The first-order valence-corrected chi connectivity index (χ1v) is 14.0. The van der Waals surface area contributed by atoms with Crippen LogP contribution in [0.15, 0.2) is 133 Å². The second kappa shape index (κ2) is 7.25. The fourth-order valence-electron chi connectivity index (χ4n) is 7.64. The van der Waals surface area contributed by atoms with Crippen LogP contribution in [0.2, 0.25) is 0 Å². The highest BCUT2D eigenvalue weighted by atomic mass is 14.2. The molecule has 0 aliphatic carbocycles. The summed E-state index contributed by atoms with van der Waals surface area (Å²) in [7, 11) is 0. The van der Waals surface area contributed by atoms with Crippen LogP contribution in [0.3, 0.4) is 0 Å². The van der Waals surface area contributed by atoms with E-state index in [2.05, 4.69) is 133 Å². The molecule has 0 amide bonds. The minimum atomic E-state index is 1.27. The molecule has 182 valence electrons. The van der Waals surface area contributed by atoms with Crippen molar-refractivity contribution in [3.05, 3.63) is 133 Å². The molecule has 0 aromatic heterocycles. The Morgan fingerprint density at radius 2 is 0.825 bits per heavy atom. The Hall–Kier alpha value is -5.20. The number of fused-ring (bicyclic) bond motifs is 10. The second-order valence-electron chi connectivity index (χ2n) is 11.2. The molecule has 0 spiro atoms. The van der Waals surface area contributed by atoms with E-state index in [-0.39, 0.29) is 0 Å². The van der Waals surface area contributed by atoms with Crippen LogP contribution in [-0.2, 0) is 0 Å². The van der Waals surface area contributed by atoms with Gasteiger partial charge < -0.3 is 0 Å². The van der Waals surface area contributed by atoms with Gasteiger partial charge in [0, 0.05) is 0 Å². The number of benzene rings is 8. The topological polar surface area (TPSA) is 0 Å². The molecule has 0 nitrogen and oxygen atoms in total. The van der Waals surface area contributed by atoms with Gasteiger partial charge in [-0.15, -0.1) is 0 Å². The van der Waals surface area contributed by atoms with Gasteiger partial charge in [-0.3, -0.25) is 0 Å². The van der Waals surface area contributed by atoms with E-state index in [1.54, 1.807) is 0 Å². The lowest BCUT2D eigenvalue weighted by molar-refractivity contribution is 1.68. The maximum atomic E-state index is 2.48. The van der Waals surface area contributed by atoms with Crippen molar-refractivity contribution in [3.63, 3.8) is 0 Å². The summed E-state index contributed by atoms with van der Waals surface area (Å²) in [6.45, 7) is 0. The highest BCUT2D eigenvalue weighted by molar-refractivity contribution is 6.40. The summed E-state index contributed by atoms with van der Waals surface area (Å²) >= 11 is 0. The highest BCUT2D eigenvalue weighted by Gasteiger charge is 2.20. The minimum absolute atomic E-state index is 1.27. The monoisotopic (exact) mass is 502 g/mol. The highest BCUT2D eigenvalue weighted by Crippen LogP contribution is 2.49. The van der Waals surface area contributed by atoms with Crippen LogP contribution in [-0.4, -0.2) is 0 Å². The minimum Gasteiger partial charge on any atom is -0.0622 e. The molecule has 0 bridgehead atoms. The summed E-state index contributed by atoms with van der Waals surface area (Å²) in [6.07, 6.45) is 0. The summed E-state index contributed by atoms with van der Waals surface area (Å²) in [4.78, 5) is 0. The molecule has 0 heterocycles. The van der Waals surface area contributed by atoms with Gasteiger partial charge in [0.2, 0.25) is 0 Å². The molecule has 0 heteroatoms. The Kier molecular flexibility index (Phi) is 3.76. The third-order valence-corrected chi connectivity index (χ3v) is 9.29. The van der Waals surface area contributed by atoms with Gasteiger partial charge in [-0.25, -0.2) is 0 Å². The second-order valence-corrected chi connectivity index (χ2v) is 11.2. The summed E-state index contributed by atoms with van der Waals surface area (Å²) < 4.78 is 0. The standard InChI is InChI=1S/C40H22/c1-2-9-23(10-3-1)27-17-18-32-26-12-5-4-11-24(26)19-36-34-22-33-25(21-37(34)39(27)40(32)36)20-35-29-14-7-6-13-28(29)30-15-8-16-31(33)38(30)35/h1-22H. The first-order valence-electron chi connectivity index (χ1n) is 14.0. The maximum Gasteiger partial charge on any atom is -0.00137 e. The lowest BCUT2D eigenvalue weighted by Crippen LogP contribution is -1.82. The van der Waals surface area contributed by atoms with Gasteiger partial charge in [-0.05, 0) is 122 Å². The van der Waals surface area contributed by atoms with Crippen LogP contribution in [0.25, 0.3) is 97.3 Å². The van der Waals surface area contributed by atoms with E-state index in [1.165, 1.54) is 97.3 Å². The lowest BCUT2D eigenvalue weighted by Gasteiger charge is -2.10. The van der Waals surface area contributed by atoms with E-state index in [4.69, 9.17) is 0 Å². The van der Waals surface area contributed by atoms with Crippen molar-refractivity contribution >= 4 is 86.2 Å². The van der Waals surface area contributed by atoms with Gasteiger partial charge in [0.05, 0.1) is 0 Å². The Labute approximate surface area is 230 Å². The van der Waals surface area contributed by atoms with E-state index in [0.29, 0.717) is 0 Å². The summed E-state index contributed by atoms with van der Waals surface area (Å²) in [5, 5.41) is 21.5. The summed E-state index contributed by atoms with van der Waals surface area (Å²) in [5.41, 5.74) is 2.57. The largest absolute Gasteiger partial charge is 0.0622 e. The van der Waals surface area contributed by atoms with Crippen LogP contribution in [0.4, 0.5) is 0 Å². The van der Waals surface area contributed by atoms with Crippen molar-refractivity contribution in [1.29, 1.82) is 0 Å². The Morgan fingerprint density at radius 1 is 0.250 bits per heavy atom. The molecule has 10 rings (SSSR count). The first-order chi connectivity index (χ1) is 19.8. The molecule has 0 atom stereocenters. The van der Waals surface area contributed by atoms with Crippen molar-refractivity contribution in [2.24, 2.45) is 0 Å². The van der Waals surface area contributed by atoms with Gasteiger partial charge in [0.1, 0.15) is 0 Å². The van der Waals surface area contributed by atoms with Crippen molar-refractivity contribution in [2.75, 3.05) is 0 Å². The average Bonchev–Trinajstić information content (AvgIpc) is 3.51. The molecule has 0 unspecified atom stereocenters. The average molecular weight is 503 g/mol. The van der Waals surface area contributed by atoms with Crippen LogP contribution >= 0.6 is 0 Å². The van der Waals surface area contributed by atoms with E-state index in [1.807, 2.05) is 0 Å². The Morgan fingerprint density at radius 3 is 1.65 bits per heavy atom. The van der Waals surface area contributed by atoms with Crippen molar-refractivity contribution in [2.45, 2.75) is 0 Å². The quantitative estimate of drug-likeness (QED) is 0.196. The Balaban J connectivity index is 1.48. The molecule has 10 aromatic carbocycles. The molecule has 0 aliphatic rings. The smallest absolute Gasteiger partial charge is 0.00137 e. The zero-order valence-electron chi connectivity index (χ0n) is 21.7. The van der Waals surface area contributed by atoms with E-state index < -0.39 is 0 Å². The van der Waals surface area contributed by atoms with E-state index in [0.717, 1.165) is 0 Å². The van der Waals surface area contributed by atoms with Crippen molar-refractivity contribution in [3.8, 4) is 11.1 Å². The fraction of sp³-hybridized carbons (Fsp3) is 0. The molecule has 0 saturated heterocycles. The molecule has 40 heavy (non-hydrogen) atoms. The van der Waals surface area contributed by atoms with E-state index >= 15 is 0 Å². The summed E-state index contributed by atoms with van der Waals surface area (Å²) in [6, 6.07) is 49.9. The molecule has 0 aliphatic heterocycles. The van der Waals surface area contributed by atoms with Crippen LogP contribution < -0.4 is 0 Å². The zero-order valence-corrected chi connectivity index (χ0v) is 21.7. The molecule has 0 fully saturated rings. The van der Waals surface area contributed by atoms with Gasteiger partial charge in [0.25, 0.3) is 0 Å². The molecular weight excluding hydrogens is 480 g/mol. The lowest BCUT2D eigenvalue weighted by atomic mass is 9.93. The van der Waals surface area contributed by atoms with Crippen LogP contribution in [0.5, 0.6) is 0 Å². The predicted octanol–water partition coefficient (Wildman–Crippen LogP) is 11.5. The third-order valence-electron chi connectivity index (χ3n) is 9.29. The van der Waals surface area contributed by atoms with Gasteiger partial charge >= 0.3 is 0 Å². The van der Waals surface area contributed by atoms with Gasteiger partial charge in [-0.2, -0.15) is 0 Å².